The number of nitrogens with one attached hydrogen (secondary N) is 2. The monoisotopic (exact) mass is 414 g/mol. The first kappa shape index (κ1) is 20.0. The van der Waals surface area contributed by atoms with Gasteiger partial charge in [0.15, 0.2) is 5.76 Å². The Morgan fingerprint density at radius 1 is 0.964 bits per heavy atom. The number of halogens is 1. The van der Waals surface area contributed by atoms with Crippen LogP contribution in [0.2, 0.25) is 5.02 Å². The molecule has 0 aliphatic heterocycles. The van der Waals surface area contributed by atoms with Crippen LogP contribution in [0.15, 0.2) is 71.3 Å². The summed E-state index contributed by atoms with van der Waals surface area (Å²) in [6, 6.07) is 18.2. The molecule has 0 spiro atoms. The molecule has 1 heterocycles. The number of carbonyl (C=O) groups is 2. The molecule has 3 aromatic rings. The minimum Gasteiger partial charge on any atom is -0.459 e. The third-order valence-electron chi connectivity index (χ3n) is 3.86. The average Bonchev–Trinajstić information content (AvgIpc) is 3.24. The lowest BCUT2D eigenvalue weighted by Gasteiger charge is -2.07. The Hall–Kier alpha value is -2.70. The van der Waals surface area contributed by atoms with E-state index in [9.17, 15) is 9.59 Å². The maximum atomic E-state index is 12.0. The number of thioether (sulfide) groups is 1. The molecule has 0 atom stereocenters. The van der Waals surface area contributed by atoms with Crippen LogP contribution in [-0.2, 0) is 17.1 Å². The Morgan fingerprint density at radius 2 is 1.68 bits per heavy atom. The lowest BCUT2D eigenvalue weighted by atomic mass is 10.2. The molecule has 1 aromatic heterocycles. The molecule has 3 rings (SSSR count). The van der Waals surface area contributed by atoms with E-state index >= 15 is 0 Å². The molecule has 0 radical (unpaired) electrons. The van der Waals surface area contributed by atoms with Crippen molar-refractivity contribution in [3.05, 3.63) is 88.8 Å². The number of benzene rings is 2. The van der Waals surface area contributed by atoms with E-state index in [0.29, 0.717) is 23.0 Å². The van der Waals surface area contributed by atoms with Gasteiger partial charge in [0.1, 0.15) is 0 Å². The van der Waals surface area contributed by atoms with Gasteiger partial charge in [0.25, 0.3) is 5.91 Å². The van der Waals surface area contributed by atoms with Crippen molar-refractivity contribution < 1.29 is 14.0 Å². The predicted molar refractivity (Wildman–Crippen MR) is 113 cm³/mol. The van der Waals surface area contributed by atoms with Crippen LogP contribution in [0, 0.1) is 0 Å². The van der Waals surface area contributed by atoms with E-state index in [0.717, 1.165) is 16.9 Å². The Kier molecular flexibility index (Phi) is 7.17. The molecule has 0 fully saturated rings. The van der Waals surface area contributed by atoms with Crippen molar-refractivity contribution in [2.24, 2.45) is 0 Å². The number of furan rings is 1. The topological polar surface area (TPSA) is 71.3 Å². The van der Waals surface area contributed by atoms with Crippen LogP contribution in [0.4, 0.5) is 5.69 Å². The maximum absolute atomic E-state index is 12.0. The fraction of sp³-hybridized carbons (Fsp3) is 0.143. The molecular weight excluding hydrogens is 396 g/mol. The molecule has 144 valence electrons. The van der Waals surface area contributed by atoms with Crippen molar-refractivity contribution in [1.29, 1.82) is 0 Å². The molecule has 0 saturated heterocycles. The molecule has 7 heteroatoms. The highest BCUT2D eigenvalue weighted by Crippen LogP contribution is 2.15. The number of anilines is 1. The molecular formula is C21H19ClN2O3S. The van der Waals surface area contributed by atoms with Gasteiger partial charge in [-0.15, -0.1) is 11.8 Å². The molecule has 2 amide bonds. The van der Waals surface area contributed by atoms with Crippen LogP contribution in [0.1, 0.15) is 21.7 Å². The summed E-state index contributed by atoms with van der Waals surface area (Å²) >= 11 is 7.41. The summed E-state index contributed by atoms with van der Waals surface area (Å²) in [7, 11) is 0. The number of hydrogen-bond acceptors (Lipinski definition) is 4. The van der Waals surface area contributed by atoms with Gasteiger partial charge in [0.2, 0.25) is 5.91 Å². The van der Waals surface area contributed by atoms with Crippen molar-refractivity contribution in [3.63, 3.8) is 0 Å². The van der Waals surface area contributed by atoms with Crippen LogP contribution >= 0.6 is 23.4 Å². The molecule has 0 bridgehead atoms. The second-order valence-corrected chi connectivity index (χ2v) is 7.45. The highest BCUT2D eigenvalue weighted by molar-refractivity contribution is 7.99. The van der Waals surface area contributed by atoms with Gasteiger partial charge in [0.05, 0.1) is 12.0 Å². The van der Waals surface area contributed by atoms with Gasteiger partial charge in [-0.25, -0.2) is 0 Å². The van der Waals surface area contributed by atoms with Crippen LogP contribution in [0.5, 0.6) is 0 Å². The molecule has 2 aromatic carbocycles. The molecule has 0 unspecified atom stereocenters. The fourth-order valence-corrected chi connectivity index (χ4v) is 3.34. The first-order valence-electron chi connectivity index (χ1n) is 8.63. The van der Waals surface area contributed by atoms with Crippen molar-refractivity contribution in [1.82, 2.24) is 5.32 Å². The summed E-state index contributed by atoms with van der Waals surface area (Å²) in [6.45, 7) is 0.437. The fourth-order valence-electron chi connectivity index (χ4n) is 2.40. The van der Waals surface area contributed by atoms with E-state index < -0.39 is 0 Å². The average molecular weight is 415 g/mol. The van der Waals surface area contributed by atoms with Gasteiger partial charge >= 0.3 is 0 Å². The quantitative estimate of drug-likeness (QED) is 0.558. The van der Waals surface area contributed by atoms with Crippen LogP contribution in [-0.4, -0.2) is 17.6 Å². The van der Waals surface area contributed by atoms with Gasteiger partial charge in [-0.3, -0.25) is 9.59 Å². The van der Waals surface area contributed by atoms with E-state index in [2.05, 4.69) is 10.6 Å². The molecule has 28 heavy (non-hydrogen) atoms. The Morgan fingerprint density at radius 3 is 2.36 bits per heavy atom. The minimum atomic E-state index is -0.302. The first-order valence-corrected chi connectivity index (χ1v) is 10.2. The first-order chi connectivity index (χ1) is 13.6. The van der Waals surface area contributed by atoms with Crippen molar-refractivity contribution in [2.75, 3.05) is 11.1 Å². The molecule has 0 aliphatic rings. The zero-order valence-corrected chi connectivity index (χ0v) is 16.6. The number of rotatable bonds is 8. The second-order valence-electron chi connectivity index (χ2n) is 6.02. The van der Waals surface area contributed by atoms with Crippen molar-refractivity contribution in [2.45, 2.75) is 12.3 Å². The van der Waals surface area contributed by atoms with E-state index in [4.69, 9.17) is 16.0 Å². The van der Waals surface area contributed by atoms with Gasteiger partial charge in [-0.2, -0.15) is 0 Å². The SMILES string of the molecule is O=C(CSCc1ccc(Cl)cc1)NCc1ccc(NC(=O)c2ccco2)cc1. The summed E-state index contributed by atoms with van der Waals surface area (Å²) in [4.78, 5) is 23.9. The van der Waals surface area contributed by atoms with Gasteiger partial charge < -0.3 is 15.1 Å². The largest absolute Gasteiger partial charge is 0.459 e. The Labute approximate surface area is 172 Å². The third kappa shape index (κ3) is 6.18. The summed E-state index contributed by atoms with van der Waals surface area (Å²) in [5.41, 5.74) is 2.75. The summed E-state index contributed by atoms with van der Waals surface area (Å²) in [5.74, 6) is 1.08. The van der Waals surface area contributed by atoms with Crippen LogP contribution in [0.3, 0.4) is 0 Å². The molecule has 0 saturated carbocycles. The summed E-state index contributed by atoms with van der Waals surface area (Å²) in [5, 5.41) is 6.35. The second kappa shape index (κ2) is 10.0. The molecule has 5 nitrogen and oxygen atoms in total. The van der Waals surface area contributed by atoms with E-state index in [1.54, 1.807) is 36.0 Å². The van der Waals surface area contributed by atoms with Crippen molar-refractivity contribution >= 4 is 40.9 Å². The zero-order chi connectivity index (χ0) is 19.8. The van der Waals surface area contributed by atoms with Gasteiger partial charge in [-0.1, -0.05) is 35.9 Å². The maximum Gasteiger partial charge on any atom is 0.291 e. The zero-order valence-electron chi connectivity index (χ0n) is 15.0. The van der Waals surface area contributed by atoms with Crippen molar-refractivity contribution in [3.8, 4) is 0 Å². The Balaban J connectivity index is 1.38. The summed E-state index contributed by atoms with van der Waals surface area (Å²) < 4.78 is 5.05. The smallest absolute Gasteiger partial charge is 0.291 e. The summed E-state index contributed by atoms with van der Waals surface area (Å²) in [6.07, 6.45) is 1.45. The van der Waals surface area contributed by atoms with E-state index in [1.807, 2.05) is 36.4 Å². The molecule has 0 aliphatic carbocycles. The van der Waals surface area contributed by atoms with E-state index in [-0.39, 0.29) is 17.6 Å². The predicted octanol–water partition coefficient (Wildman–Crippen LogP) is 4.73. The molecule has 2 N–H and O–H groups in total. The number of hydrogen-bond donors (Lipinski definition) is 2. The van der Waals surface area contributed by atoms with Gasteiger partial charge in [-0.05, 0) is 47.5 Å². The van der Waals surface area contributed by atoms with Crippen LogP contribution < -0.4 is 10.6 Å². The number of carbonyl (C=O) groups excluding carboxylic acids is 2. The number of amides is 2. The minimum absolute atomic E-state index is 0.0193. The normalized spacial score (nSPS) is 10.5. The highest BCUT2D eigenvalue weighted by atomic mass is 35.5. The lowest BCUT2D eigenvalue weighted by Crippen LogP contribution is -2.24. The standard InChI is InChI=1S/C21H19ClN2O3S/c22-17-7-3-16(4-8-17)13-28-14-20(25)23-12-15-5-9-18(10-6-15)24-21(26)19-2-1-11-27-19/h1-11H,12-14H2,(H,23,25)(H,24,26). The Bertz CT molecular complexity index is 910. The van der Waals surface area contributed by atoms with Gasteiger partial charge in [0, 0.05) is 23.0 Å². The van der Waals surface area contributed by atoms with Crippen LogP contribution in [0.25, 0.3) is 0 Å². The van der Waals surface area contributed by atoms with E-state index in [1.165, 1.54) is 6.26 Å². The third-order valence-corrected chi connectivity index (χ3v) is 5.12. The lowest BCUT2D eigenvalue weighted by molar-refractivity contribution is -0.118. The highest BCUT2D eigenvalue weighted by Gasteiger charge is 2.08.